The smallest absolute Gasteiger partial charge is 0.264 e. The van der Waals surface area contributed by atoms with Crippen molar-refractivity contribution in [3.63, 3.8) is 0 Å². The summed E-state index contributed by atoms with van der Waals surface area (Å²) in [6, 6.07) is 16.2. The molecule has 1 aromatic heterocycles. The molecule has 0 bridgehead atoms. The molecular weight excluding hydrogens is 476 g/mol. The van der Waals surface area contributed by atoms with Crippen molar-refractivity contribution in [2.24, 2.45) is 0 Å². The summed E-state index contributed by atoms with van der Waals surface area (Å²) in [7, 11) is -3.30. The lowest BCUT2D eigenvalue weighted by molar-refractivity contribution is -0.118. The third-order valence-electron chi connectivity index (χ3n) is 4.18. The van der Waals surface area contributed by atoms with Gasteiger partial charge >= 0.3 is 0 Å². The Morgan fingerprint density at radius 3 is 2.66 bits per heavy atom. The molecule has 148 valence electrons. The van der Waals surface area contributed by atoms with Crippen LogP contribution < -0.4 is 10.1 Å². The van der Waals surface area contributed by atoms with Gasteiger partial charge in [0, 0.05) is 10.7 Å². The Labute approximate surface area is 179 Å². The molecule has 0 fully saturated rings. The van der Waals surface area contributed by atoms with E-state index in [0.717, 1.165) is 21.5 Å². The molecule has 4 aromatic rings. The lowest BCUT2D eigenvalue weighted by atomic mass is 10.1. The zero-order chi connectivity index (χ0) is 20.6. The number of sulfone groups is 1. The van der Waals surface area contributed by atoms with Crippen molar-refractivity contribution in [2.75, 3.05) is 18.2 Å². The maximum absolute atomic E-state index is 12.2. The molecule has 1 amide bonds. The number of rotatable bonds is 5. The summed E-state index contributed by atoms with van der Waals surface area (Å²) in [6.45, 7) is -0.160. The van der Waals surface area contributed by atoms with Crippen LogP contribution in [0.25, 0.3) is 21.0 Å². The summed E-state index contributed by atoms with van der Waals surface area (Å²) < 4.78 is 30.6. The molecule has 0 saturated heterocycles. The van der Waals surface area contributed by atoms with Gasteiger partial charge in [-0.15, -0.1) is 0 Å². The third-order valence-corrected chi connectivity index (χ3v) is 6.72. The molecule has 0 radical (unpaired) electrons. The van der Waals surface area contributed by atoms with Gasteiger partial charge in [-0.05, 0) is 53.2 Å². The van der Waals surface area contributed by atoms with Gasteiger partial charge in [-0.2, -0.15) is 0 Å². The summed E-state index contributed by atoms with van der Waals surface area (Å²) in [6.07, 6.45) is 1.15. The van der Waals surface area contributed by atoms with Crippen LogP contribution in [-0.4, -0.2) is 32.2 Å². The number of carbonyl (C=O) groups excluding carboxylic acids is 1. The largest absolute Gasteiger partial charge is 0.484 e. The molecule has 29 heavy (non-hydrogen) atoms. The number of anilines is 1. The zero-order valence-corrected chi connectivity index (χ0v) is 18.4. The normalized spacial score (nSPS) is 11.7. The Bertz CT molecular complexity index is 1350. The zero-order valence-electron chi connectivity index (χ0n) is 15.2. The number of aromatic nitrogens is 1. The fraction of sp³-hybridized carbons (Fsp3) is 0.100. The first-order valence-electron chi connectivity index (χ1n) is 8.50. The standard InChI is InChI=1S/C20H15BrN2O4S2/c1-29(25,26)16-6-7-17-18(10-16)28-20(22-17)23-19(24)11-27-15-5-3-12-8-14(21)4-2-13(12)9-15/h2-10H,11H2,1H3,(H,22,23,24). The van der Waals surface area contributed by atoms with Crippen molar-refractivity contribution in [3.05, 3.63) is 59.1 Å². The highest BCUT2D eigenvalue weighted by Crippen LogP contribution is 2.28. The van der Waals surface area contributed by atoms with Crippen molar-refractivity contribution in [1.82, 2.24) is 4.98 Å². The molecule has 0 aliphatic rings. The highest BCUT2D eigenvalue weighted by molar-refractivity contribution is 9.10. The van der Waals surface area contributed by atoms with Gasteiger partial charge in [-0.1, -0.05) is 39.4 Å². The van der Waals surface area contributed by atoms with Gasteiger partial charge in [0.2, 0.25) is 0 Å². The number of halogens is 1. The quantitative estimate of drug-likeness (QED) is 0.440. The number of ether oxygens (including phenoxy) is 1. The molecule has 0 saturated carbocycles. The molecule has 1 N–H and O–H groups in total. The third kappa shape index (κ3) is 4.58. The van der Waals surface area contributed by atoms with Crippen molar-refractivity contribution >= 4 is 69.1 Å². The topological polar surface area (TPSA) is 85.4 Å². The van der Waals surface area contributed by atoms with E-state index in [1.807, 2.05) is 36.4 Å². The van der Waals surface area contributed by atoms with E-state index in [-0.39, 0.29) is 17.4 Å². The van der Waals surface area contributed by atoms with E-state index < -0.39 is 9.84 Å². The number of benzene rings is 3. The highest BCUT2D eigenvalue weighted by Gasteiger charge is 2.12. The van der Waals surface area contributed by atoms with Crippen LogP contribution in [0.3, 0.4) is 0 Å². The predicted octanol–water partition coefficient (Wildman–Crippen LogP) is 4.63. The average Bonchev–Trinajstić information content (AvgIpc) is 3.07. The van der Waals surface area contributed by atoms with E-state index in [0.29, 0.717) is 21.1 Å². The summed E-state index contributed by atoms with van der Waals surface area (Å²) in [5.74, 6) is 0.250. The van der Waals surface area contributed by atoms with Crippen LogP contribution in [0.4, 0.5) is 5.13 Å². The van der Waals surface area contributed by atoms with Gasteiger partial charge < -0.3 is 4.74 Å². The molecular formula is C20H15BrN2O4S2. The molecule has 0 aliphatic carbocycles. The van der Waals surface area contributed by atoms with Gasteiger partial charge in [0.15, 0.2) is 21.6 Å². The number of amides is 1. The predicted molar refractivity (Wildman–Crippen MR) is 119 cm³/mol. The summed E-state index contributed by atoms with van der Waals surface area (Å²) in [5.41, 5.74) is 0.624. The number of nitrogens with zero attached hydrogens (tertiary/aromatic N) is 1. The average molecular weight is 491 g/mol. The molecule has 1 heterocycles. The summed E-state index contributed by atoms with van der Waals surface area (Å²) >= 11 is 4.65. The molecule has 0 aliphatic heterocycles. The van der Waals surface area contributed by atoms with Crippen molar-refractivity contribution in [2.45, 2.75) is 4.90 Å². The van der Waals surface area contributed by atoms with Crippen LogP contribution in [0, 0.1) is 0 Å². The Morgan fingerprint density at radius 1 is 1.10 bits per heavy atom. The van der Waals surface area contributed by atoms with Crippen LogP contribution in [0.15, 0.2) is 64.0 Å². The van der Waals surface area contributed by atoms with Crippen LogP contribution in [0.1, 0.15) is 0 Å². The van der Waals surface area contributed by atoms with Gasteiger partial charge in [0.25, 0.3) is 5.91 Å². The maximum Gasteiger partial charge on any atom is 0.264 e. The SMILES string of the molecule is CS(=O)(=O)c1ccc2nc(NC(=O)COc3ccc4cc(Br)ccc4c3)sc2c1. The van der Waals surface area contributed by atoms with Gasteiger partial charge in [-0.3, -0.25) is 10.1 Å². The second-order valence-electron chi connectivity index (χ2n) is 6.41. The minimum atomic E-state index is -3.30. The first kappa shape index (κ1) is 19.8. The van der Waals surface area contributed by atoms with E-state index in [9.17, 15) is 13.2 Å². The lowest BCUT2D eigenvalue weighted by Crippen LogP contribution is -2.19. The molecule has 3 aromatic carbocycles. The first-order chi connectivity index (χ1) is 13.8. The minimum Gasteiger partial charge on any atom is -0.484 e. The first-order valence-corrected chi connectivity index (χ1v) is 12.0. The van der Waals surface area contributed by atoms with Crippen molar-refractivity contribution in [3.8, 4) is 5.75 Å². The second kappa shape index (κ2) is 7.74. The number of nitrogens with one attached hydrogen (secondary N) is 1. The Kier molecular flexibility index (Phi) is 5.28. The fourth-order valence-corrected chi connectivity index (χ4v) is 4.80. The van der Waals surface area contributed by atoms with Gasteiger partial charge in [-0.25, -0.2) is 13.4 Å². The van der Waals surface area contributed by atoms with E-state index in [4.69, 9.17) is 4.74 Å². The number of carbonyl (C=O) groups is 1. The molecule has 0 unspecified atom stereocenters. The molecule has 0 atom stereocenters. The maximum atomic E-state index is 12.2. The van der Waals surface area contributed by atoms with E-state index in [2.05, 4.69) is 26.2 Å². The van der Waals surface area contributed by atoms with Gasteiger partial charge in [0.05, 0.1) is 15.1 Å². The Balaban J connectivity index is 1.43. The highest BCUT2D eigenvalue weighted by atomic mass is 79.9. The summed E-state index contributed by atoms with van der Waals surface area (Å²) in [4.78, 5) is 16.8. The monoisotopic (exact) mass is 490 g/mol. The van der Waals surface area contributed by atoms with Crippen LogP contribution in [0.2, 0.25) is 0 Å². The van der Waals surface area contributed by atoms with E-state index >= 15 is 0 Å². The molecule has 4 rings (SSSR count). The number of thiazole rings is 1. The lowest BCUT2D eigenvalue weighted by Gasteiger charge is -2.07. The molecule has 0 spiro atoms. The fourth-order valence-electron chi connectivity index (χ4n) is 2.78. The Hall–Kier alpha value is -2.49. The number of hydrogen-bond acceptors (Lipinski definition) is 6. The second-order valence-corrected chi connectivity index (χ2v) is 10.4. The Morgan fingerprint density at radius 2 is 1.86 bits per heavy atom. The summed E-state index contributed by atoms with van der Waals surface area (Å²) in [5, 5.41) is 5.17. The molecule has 6 nitrogen and oxygen atoms in total. The molecule has 9 heteroatoms. The number of fused-ring (bicyclic) bond motifs is 2. The number of hydrogen-bond donors (Lipinski definition) is 1. The van der Waals surface area contributed by atoms with Gasteiger partial charge in [0.1, 0.15) is 5.75 Å². The van der Waals surface area contributed by atoms with E-state index in [1.54, 1.807) is 12.1 Å². The van der Waals surface area contributed by atoms with Crippen LogP contribution >= 0.6 is 27.3 Å². The van der Waals surface area contributed by atoms with Crippen LogP contribution in [-0.2, 0) is 14.6 Å². The van der Waals surface area contributed by atoms with Crippen molar-refractivity contribution < 1.29 is 17.9 Å². The van der Waals surface area contributed by atoms with Crippen molar-refractivity contribution in [1.29, 1.82) is 0 Å². The van der Waals surface area contributed by atoms with E-state index in [1.165, 1.54) is 17.4 Å². The minimum absolute atomic E-state index is 0.160. The van der Waals surface area contributed by atoms with Crippen LogP contribution in [0.5, 0.6) is 5.75 Å².